The molecule has 4 atom stereocenters. The van der Waals surface area contributed by atoms with E-state index in [1.807, 2.05) is 6.92 Å². The molecule has 0 unspecified atom stereocenters. The molecule has 0 radical (unpaired) electrons. The Morgan fingerprint density at radius 1 is 1.44 bits per heavy atom. The molecule has 0 bridgehead atoms. The van der Waals surface area contributed by atoms with Crippen LogP contribution in [0, 0.1) is 0 Å². The van der Waals surface area contributed by atoms with Gasteiger partial charge in [0.05, 0.1) is 12.9 Å². The number of unbranched alkanes of at least 4 members (excludes halogenated alkanes) is 1. The van der Waals surface area contributed by atoms with Gasteiger partial charge in [0.25, 0.3) is 0 Å². The maximum Gasteiger partial charge on any atom is 0.351 e. The molecular formula is C19H31N3O5. The maximum atomic E-state index is 12.1. The van der Waals surface area contributed by atoms with Crippen LogP contribution in [-0.4, -0.2) is 46.2 Å². The standard InChI is InChI=1S/C19H31N3O5/c1-4-6-10-25-12-14-17(26-11-13(3)7-5-2)16(23)18(27-14)22-9-8-15(20)21-19(22)24/h8-9,11,14,16-18,23H,4-7,10,12H2,1-3H3,(H2,20,21,24)/b13-11-/t14-,16-,17-,18-/m1/s1. The summed E-state index contributed by atoms with van der Waals surface area (Å²) < 4.78 is 18.6. The number of nitrogens with zero attached hydrogens (tertiary/aromatic N) is 2. The van der Waals surface area contributed by atoms with Crippen molar-refractivity contribution in [1.82, 2.24) is 9.55 Å². The van der Waals surface area contributed by atoms with Gasteiger partial charge >= 0.3 is 5.69 Å². The molecule has 0 amide bonds. The third-order valence-corrected chi connectivity index (χ3v) is 4.43. The first-order chi connectivity index (χ1) is 13.0. The van der Waals surface area contributed by atoms with Gasteiger partial charge in [0.2, 0.25) is 0 Å². The van der Waals surface area contributed by atoms with Crippen LogP contribution in [0.25, 0.3) is 0 Å². The second kappa shape index (κ2) is 10.4. The number of aliphatic hydroxyl groups excluding tert-OH is 1. The van der Waals surface area contributed by atoms with Gasteiger partial charge in [-0.15, -0.1) is 0 Å². The SMILES string of the molecule is CCCCOC[C@H]1O[C@@H](n2ccc(N)nc2=O)[C@H](O)[C@@H]1O/C=C(/C)CCC. The molecular weight excluding hydrogens is 350 g/mol. The van der Waals surface area contributed by atoms with Crippen molar-refractivity contribution in [3.8, 4) is 0 Å². The summed E-state index contributed by atoms with van der Waals surface area (Å²) in [5.74, 6) is 0.120. The topological polar surface area (TPSA) is 109 Å². The average molecular weight is 381 g/mol. The number of nitrogen functional groups attached to an aromatic ring is 1. The fourth-order valence-electron chi connectivity index (χ4n) is 2.96. The van der Waals surface area contributed by atoms with Crippen LogP contribution in [0.1, 0.15) is 52.7 Å². The number of hydrogen-bond acceptors (Lipinski definition) is 7. The monoisotopic (exact) mass is 381 g/mol. The zero-order valence-electron chi connectivity index (χ0n) is 16.3. The highest BCUT2D eigenvalue weighted by Gasteiger charge is 2.46. The smallest absolute Gasteiger partial charge is 0.351 e. The maximum absolute atomic E-state index is 12.1. The van der Waals surface area contributed by atoms with E-state index in [4.69, 9.17) is 19.9 Å². The summed E-state index contributed by atoms with van der Waals surface area (Å²) in [4.78, 5) is 15.8. The molecule has 3 N–H and O–H groups in total. The van der Waals surface area contributed by atoms with Gasteiger partial charge in [0, 0.05) is 12.8 Å². The molecule has 0 aliphatic carbocycles. The molecule has 8 heteroatoms. The summed E-state index contributed by atoms with van der Waals surface area (Å²) in [6, 6.07) is 1.49. The van der Waals surface area contributed by atoms with Gasteiger partial charge in [-0.25, -0.2) is 4.79 Å². The number of allylic oxidation sites excluding steroid dienone is 1. The van der Waals surface area contributed by atoms with Gasteiger partial charge < -0.3 is 25.1 Å². The lowest BCUT2D eigenvalue weighted by molar-refractivity contribution is -0.0693. The predicted molar refractivity (Wildman–Crippen MR) is 102 cm³/mol. The number of aromatic nitrogens is 2. The van der Waals surface area contributed by atoms with E-state index in [9.17, 15) is 9.90 Å². The third-order valence-electron chi connectivity index (χ3n) is 4.43. The van der Waals surface area contributed by atoms with E-state index in [0.717, 1.165) is 31.3 Å². The summed E-state index contributed by atoms with van der Waals surface area (Å²) in [5, 5.41) is 10.8. The van der Waals surface area contributed by atoms with Gasteiger partial charge in [0.15, 0.2) is 12.3 Å². The lowest BCUT2D eigenvalue weighted by atomic mass is 10.1. The van der Waals surface area contributed by atoms with Crippen molar-refractivity contribution in [1.29, 1.82) is 0 Å². The van der Waals surface area contributed by atoms with Crippen LogP contribution < -0.4 is 11.4 Å². The van der Waals surface area contributed by atoms with Gasteiger partial charge in [-0.1, -0.05) is 26.7 Å². The van der Waals surface area contributed by atoms with Crippen molar-refractivity contribution in [2.75, 3.05) is 18.9 Å². The fourth-order valence-corrected chi connectivity index (χ4v) is 2.96. The Hall–Kier alpha value is -1.90. The minimum Gasteiger partial charge on any atom is -0.492 e. The molecule has 1 aromatic heterocycles. The number of anilines is 1. The van der Waals surface area contributed by atoms with Crippen molar-refractivity contribution < 1.29 is 19.3 Å². The first-order valence-electron chi connectivity index (χ1n) is 9.55. The highest BCUT2D eigenvalue weighted by atomic mass is 16.6. The van der Waals surface area contributed by atoms with Crippen LogP contribution in [-0.2, 0) is 14.2 Å². The molecule has 1 aromatic rings. The van der Waals surface area contributed by atoms with Crippen molar-refractivity contribution in [2.45, 2.75) is 71.0 Å². The Balaban J connectivity index is 2.16. The van der Waals surface area contributed by atoms with Crippen molar-refractivity contribution in [3.63, 3.8) is 0 Å². The van der Waals surface area contributed by atoms with E-state index in [1.54, 1.807) is 6.26 Å². The molecule has 1 fully saturated rings. The summed E-state index contributed by atoms with van der Waals surface area (Å²) in [5.41, 5.74) is 6.03. The normalized spacial score (nSPS) is 25.7. The van der Waals surface area contributed by atoms with Crippen LogP contribution in [0.15, 0.2) is 28.9 Å². The fraction of sp³-hybridized carbons (Fsp3) is 0.684. The number of hydrogen-bond donors (Lipinski definition) is 2. The summed E-state index contributed by atoms with van der Waals surface area (Å²) in [7, 11) is 0. The van der Waals surface area contributed by atoms with Crippen molar-refractivity contribution in [3.05, 3.63) is 34.6 Å². The first kappa shape index (κ1) is 21.4. The second-order valence-electron chi connectivity index (χ2n) is 6.84. The average Bonchev–Trinajstić information content (AvgIpc) is 2.93. The van der Waals surface area contributed by atoms with Crippen LogP contribution in [0.4, 0.5) is 5.82 Å². The molecule has 8 nitrogen and oxygen atoms in total. The highest BCUT2D eigenvalue weighted by molar-refractivity contribution is 5.23. The van der Waals surface area contributed by atoms with E-state index < -0.39 is 30.2 Å². The second-order valence-corrected chi connectivity index (χ2v) is 6.84. The minimum atomic E-state index is -1.04. The summed E-state index contributed by atoms with van der Waals surface area (Å²) >= 11 is 0. The van der Waals surface area contributed by atoms with Crippen LogP contribution in [0.5, 0.6) is 0 Å². The Morgan fingerprint density at radius 3 is 2.89 bits per heavy atom. The van der Waals surface area contributed by atoms with E-state index in [1.165, 1.54) is 16.8 Å². The Bertz CT molecular complexity index is 676. The molecule has 0 saturated carbocycles. The van der Waals surface area contributed by atoms with Gasteiger partial charge in [-0.3, -0.25) is 4.57 Å². The highest BCUT2D eigenvalue weighted by Crippen LogP contribution is 2.31. The van der Waals surface area contributed by atoms with E-state index in [-0.39, 0.29) is 12.4 Å². The zero-order chi connectivity index (χ0) is 19.8. The van der Waals surface area contributed by atoms with E-state index in [0.29, 0.717) is 6.61 Å². The predicted octanol–water partition coefficient (Wildman–Crippen LogP) is 1.99. The molecule has 0 aromatic carbocycles. The van der Waals surface area contributed by atoms with E-state index >= 15 is 0 Å². The number of rotatable bonds is 10. The Labute approximate surface area is 159 Å². The third kappa shape index (κ3) is 5.79. The van der Waals surface area contributed by atoms with Gasteiger partial charge in [-0.2, -0.15) is 4.98 Å². The van der Waals surface area contributed by atoms with Crippen LogP contribution in [0.3, 0.4) is 0 Å². The Kier molecular flexibility index (Phi) is 8.27. The first-order valence-corrected chi connectivity index (χ1v) is 9.55. The summed E-state index contributed by atoms with van der Waals surface area (Å²) in [6.07, 6.45) is 3.92. The quantitative estimate of drug-likeness (QED) is 0.471. The molecule has 1 aliphatic rings. The molecule has 2 rings (SSSR count). The molecule has 0 spiro atoms. The van der Waals surface area contributed by atoms with Crippen LogP contribution in [0.2, 0.25) is 0 Å². The number of nitrogens with two attached hydrogens (primary N) is 1. The Morgan fingerprint density at radius 2 is 2.22 bits per heavy atom. The van der Waals surface area contributed by atoms with Crippen molar-refractivity contribution in [2.24, 2.45) is 0 Å². The molecule has 152 valence electrons. The molecule has 1 saturated heterocycles. The lowest BCUT2D eigenvalue weighted by Gasteiger charge is -2.20. The zero-order valence-corrected chi connectivity index (χ0v) is 16.3. The van der Waals surface area contributed by atoms with E-state index in [2.05, 4.69) is 18.8 Å². The lowest BCUT2D eigenvalue weighted by Crippen LogP contribution is -2.37. The van der Waals surface area contributed by atoms with Gasteiger partial charge in [0.1, 0.15) is 18.0 Å². The largest absolute Gasteiger partial charge is 0.492 e. The van der Waals surface area contributed by atoms with Crippen LogP contribution >= 0.6 is 0 Å². The summed E-state index contributed by atoms with van der Waals surface area (Å²) in [6.45, 7) is 7.03. The number of aliphatic hydroxyl groups is 1. The van der Waals surface area contributed by atoms with Crippen molar-refractivity contribution >= 4 is 5.82 Å². The molecule has 1 aliphatic heterocycles. The minimum absolute atomic E-state index is 0.120. The van der Waals surface area contributed by atoms with Gasteiger partial charge in [-0.05, 0) is 31.4 Å². The molecule has 2 heterocycles. The number of ether oxygens (including phenoxy) is 3. The molecule has 27 heavy (non-hydrogen) atoms.